The van der Waals surface area contributed by atoms with E-state index in [4.69, 9.17) is 4.74 Å². The molecule has 0 aromatic rings. The molecule has 0 aromatic carbocycles. The smallest absolute Gasteiger partial charge is 0.376 e. The quantitative estimate of drug-likeness (QED) is 0.735. The topological polar surface area (TPSA) is 38.3 Å². The van der Waals surface area contributed by atoms with Crippen LogP contribution in [0.1, 0.15) is 12.8 Å². The molecule has 1 N–H and O–H groups in total. The molecule has 1 heterocycles. The van der Waals surface area contributed by atoms with Gasteiger partial charge in [-0.25, -0.2) is 8.78 Å². The van der Waals surface area contributed by atoms with Gasteiger partial charge in [-0.1, -0.05) is 0 Å². The van der Waals surface area contributed by atoms with E-state index in [1.807, 2.05) is 0 Å². The van der Waals surface area contributed by atoms with E-state index in [2.05, 4.69) is 0 Å². The van der Waals surface area contributed by atoms with E-state index in [0.29, 0.717) is 13.0 Å². The number of alkyl halides is 4. The predicted octanol–water partition coefficient (Wildman–Crippen LogP) is 1.18. The first-order valence-electron chi connectivity index (χ1n) is 4.50. The number of carbonyl (C=O) groups is 1. The summed E-state index contributed by atoms with van der Waals surface area (Å²) in [6.07, 6.45) is -2.91. The zero-order valence-electron chi connectivity index (χ0n) is 7.81. The molecule has 1 fully saturated rings. The fourth-order valence-electron chi connectivity index (χ4n) is 1.23. The molecule has 1 saturated heterocycles. The highest BCUT2D eigenvalue weighted by Crippen LogP contribution is 2.22. The molecule has 0 spiro atoms. The van der Waals surface area contributed by atoms with Gasteiger partial charge in [-0.05, 0) is 12.8 Å². The van der Waals surface area contributed by atoms with Crippen molar-refractivity contribution in [2.24, 2.45) is 0 Å². The van der Waals surface area contributed by atoms with Gasteiger partial charge in [-0.2, -0.15) is 8.78 Å². The third-order valence-corrected chi connectivity index (χ3v) is 2.09. The van der Waals surface area contributed by atoms with Gasteiger partial charge in [-0.15, -0.1) is 0 Å². The summed E-state index contributed by atoms with van der Waals surface area (Å²) in [6, 6.07) is 0. The maximum atomic E-state index is 12.4. The zero-order valence-corrected chi connectivity index (χ0v) is 7.81. The van der Waals surface area contributed by atoms with Gasteiger partial charge >= 0.3 is 12.3 Å². The van der Waals surface area contributed by atoms with Crippen LogP contribution in [-0.4, -0.2) is 37.5 Å². The Morgan fingerprint density at radius 2 is 2.20 bits per heavy atom. The Labute approximate surface area is 83.8 Å². The fraction of sp³-hybridized carbons (Fsp3) is 0.875. The summed E-state index contributed by atoms with van der Waals surface area (Å²) in [5.41, 5.74) is 0. The number of nitrogens with one attached hydrogen (secondary N) is 1. The predicted molar refractivity (Wildman–Crippen MR) is 42.9 cm³/mol. The van der Waals surface area contributed by atoms with E-state index in [1.54, 1.807) is 5.32 Å². The van der Waals surface area contributed by atoms with Crippen LogP contribution in [-0.2, 0) is 9.53 Å². The maximum Gasteiger partial charge on any atom is 0.383 e. The molecule has 7 heteroatoms. The van der Waals surface area contributed by atoms with Crippen molar-refractivity contribution in [2.75, 3.05) is 13.2 Å². The highest BCUT2D eigenvalue weighted by atomic mass is 19.3. The molecule has 0 radical (unpaired) electrons. The second-order valence-corrected chi connectivity index (χ2v) is 3.27. The standard InChI is InChI=1S/C8H11F4NO2/c9-6(10)8(11,12)7(14)13-4-5-2-1-3-15-5/h5-6H,1-4H2,(H,13,14). The average molecular weight is 229 g/mol. The Kier molecular flexibility index (Phi) is 3.90. The molecule has 1 amide bonds. The lowest BCUT2D eigenvalue weighted by molar-refractivity contribution is -0.169. The van der Waals surface area contributed by atoms with Gasteiger partial charge in [0.05, 0.1) is 6.10 Å². The third-order valence-electron chi connectivity index (χ3n) is 2.09. The first-order chi connectivity index (χ1) is 6.94. The highest BCUT2D eigenvalue weighted by molar-refractivity contribution is 5.83. The monoisotopic (exact) mass is 229 g/mol. The number of amides is 1. The van der Waals surface area contributed by atoms with Crippen LogP contribution in [0.3, 0.4) is 0 Å². The summed E-state index contributed by atoms with van der Waals surface area (Å²) < 4.78 is 53.3. The molecular formula is C8H11F4NO2. The first-order valence-corrected chi connectivity index (χ1v) is 4.50. The maximum absolute atomic E-state index is 12.4. The second-order valence-electron chi connectivity index (χ2n) is 3.27. The van der Waals surface area contributed by atoms with Gasteiger partial charge in [0, 0.05) is 13.2 Å². The third kappa shape index (κ3) is 3.05. The van der Waals surface area contributed by atoms with Gasteiger partial charge in [-0.3, -0.25) is 4.79 Å². The lowest BCUT2D eigenvalue weighted by Gasteiger charge is -2.16. The largest absolute Gasteiger partial charge is 0.383 e. The minimum absolute atomic E-state index is 0.152. The average Bonchev–Trinajstić information content (AvgIpc) is 2.66. The molecule has 1 aliphatic rings. The number of rotatable bonds is 4. The van der Waals surface area contributed by atoms with Crippen molar-refractivity contribution in [3.05, 3.63) is 0 Å². The molecule has 0 aliphatic carbocycles. The molecule has 15 heavy (non-hydrogen) atoms. The highest BCUT2D eigenvalue weighted by Gasteiger charge is 2.48. The van der Waals surface area contributed by atoms with Crippen molar-refractivity contribution < 1.29 is 27.1 Å². The first kappa shape index (κ1) is 12.2. The lowest BCUT2D eigenvalue weighted by atomic mass is 10.2. The summed E-state index contributed by atoms with van der Waals surface area (Å²) in [5.74, 6) is -6.58. The Hall–Kier alpha value is -0.850. The number of hydrogen-bond donors (Lipinski definition) is 1. The Morgan fingerprint density at radius 1 is 1.53 bits per heavy atom. The SMILES string of the molecule is O=C(NCC1CCCO1)C(F)(F)C(F)F. The molecular weight excluding hydrogens is 218 g/mol. The van der Waals surface area contributed by atoms with Crippen LogP contribution in [0.5, 0.6) is 0 Å². The van der Waals surface area contributed by atoms with E-state index in [1.165, 1.54) is 0 Å². The molecule has 88 valence electrons. The second kappa shape index (κ2) is 4.78. The normalized spacial score (nSPS) is 22.1. The molecule has 0 bridgehead atoms. The van der Waals surface area contributed by atoms with Crippen LogP contribution in [0, 0.1) is 0 Å². The van der Waals surface area contributed by atoms with Crippen LogP contribution in [0.25, 0.3) is 0 Å². The van der Waals surface area contributed by atoms with Gasteiger partial charge in [0.1, 0.15) is 0 Å². The summed E-state index contributed by atoms with van der Waals surface area (Å²) in [7, 11) is 0. The lowest BCUT2D eigenvalue weighted by Crippen LogP contribution is -2.47. The molecule has 0 aromatic heterocycles. The molecule has 1 atom stereocenters. The van der Waals surface area contributed by atoms with Gasteiger partial charge in [0.2, 0.25) is 0 Å². The van der Waals surface area contributed by atoms with Crippen LogP contribution >= 0.6 is 0 Å². The molecule has 1 unspecified atom stereocenters. The van der Waals surface area contributed by atoms with Gasteiger partial charge < -0.3 is 10.1 Å². The van der Waals surface area contributed by atoms with Crippen LogP contribution in [0.2, 0.25) is 0 Å². The van der Waals surface area contributed by atoms with Crippen molar-refractivity contribution in [3.63, 3.8) is 0 Å². The van der Waals surface area contributed by atoms with Crippen LogP contribution in [0.15, 0.2) is 0 Å². The molecule has 3 nitrogen and oxygen atoms in total. The van der Waals surface area contributed by atoms with Crippen molar-refractivity contribution in [2.45, 2.75) is 31.3 Å². The van der Waals surface area contributed by atoms with Gasteiger partial charge in [0.25, 0.3) is 5.91 Å². The van der Waals surface area contributed by atoms with E-state index < -0.39 is 18.3 Å². The Balaban J connectivity index is 2.34. The minimum atomic E-state index is -4.63. The molecule has 0 saturated carbocycles. The van der Waals surface area contributed by atoms with E-state index in [0.717, 1.165) is 6.42 Å². The van der Waals surface area contributed by atoms with Crippen LogP contribution < -0.4 is 5.32 Å². The van der Waals surface area contributed by atoms with E-state index in [-0.39, 0.29) is 12.6 Å². The van der Waals surface area contributed by atoms with Crippen molar-refractivity contribution >= 4 is 5.91 Å². The minimum Gasteiger partial charge on any atom is -0.376 e. The number of ether oxygens (including phenoxy) is 1. The summed E-state index contributed by atoms with van der Waals surface area (Å²) in [4.78, 5) is 10.7. The fourth-order valence-corrected chi connectivity index (χ4v) is 1.23. The van der Waals surface area contributed by atoms with E-state index >= 15 is 0 Å². The molecule has 1 aliphatic heterocycles. The number of carbonyl (C=O) groups excluding carboxylic acids is 1. The van der Waals surface area contributed by atoms with Gasteiger partial charge in [0.15, 0.2) is 0 Å². The van der Waals surface area contributed by atoms with E-state index in [9.17, 15) is 22.4 Å². The van der Waals surface area contributed by atoms with Crippen molar-refractivity contribution in [1.82, 2.24) is 5.32 Å². The molecule has 1 rings (SSSR count). The van der Waals surface area contributed by atoms with Crippen molar-refractivity contribution in [1.29, 1.82) is 0 Å². The number of halogens is 4. The Morgan fingerprint density at radius 3 is 2.67 bits per heavy atom. The zero-order chi connectivity index (χ0) is 11.5. The summed E-state index contributed by atoms with van der Waals surface area (Å²) in [5, 5.41) is 1.75. The number of hydrogen-bond acceptors (Lipinski definition) is 2. The Bertz CT molecular complexity index is 229. The summed E-state index contributed by atoms with van der Waals surface area (Å²) >= 11 is 0. The van der Waals surface area contributed by atoms with Crippen LogP contribution in [0.4, 0.5) is 17.6 Å². The van der Waals surface area contributed by atoms with Crippen molar-refractivity contribution in [3.8, 4) is 0 Å². The summed E-state index contributed by atoms with van der Waals surface area (Å²) in [6.45, 7) is 0.354.